The van der Waals surface area contributed by atoms with Crippen molar-refractivity contribution in [3.05, 3.63) is 53.6 Å². The summed E-state index contributed by atoms with van der Waals surface area (Å²) in [6.07, 6.45) is 6.63. The van der Waals surface area contributed by atoms with Gasteiger partial charge in [-0.15, -0.1) is 0 Å². The zero-order valence-electron chi connectivity index (χ0n) is 14.8. The van der Waals surface area contributed by atoms with Gasteiger partial charge in [-0.3, -0.25) is 15.4 Å². The average Bonchev–Trinajstić information content (AvgIpc) is 2.89. The van der Waals surface area contributed by atoms with Crippen LogP contribution in [0.2, 0.25) is 0 Å². The number of allylic oxidation sites excluding steroid dienone is 1. The summed E-state index contributed by atoms with van der Waals surface area (Å²) in [6.45, 7) is 5.43. The molecule has 5 N–H and O–H groups in total. The van der Waals surface area contributed by atoms with E-state index in [4.69, 9.17) is 11.1 Å². The molecule has 0 fully saturated rings. The second-order valence-electron chi connectivity index (χ2n) is 6.13. The van der Waals surface area contributed by atoms with Crippen molar-refractivity contribution in [2.75, 3.05) is 0 Å². The summed E-state index contributed by atoms with van der Waals surface area (Å²) in [5.74, 6) is 0.0120. The molecule has 3 rings (SSSR count). The molecule has 0 aliphatic rings. The Hall–Kier alpha value is -3.48. The number of aromatic hydroxyl groups is 1. The Labute approximate surface area is 150 Å². The van der Waals surface area contributed by atoms with E-state index in [2.05, 4.69) is 19.9 Å². The third kappa shape index (κ3) is 3.32. The molecule has 0 radical (unpaired) electrons. The zero-order valence-corrected chi connectivity index (χ0v) is 14.8. The van der Waals surface area contributed by atoms with Crippen LogP contribution >= 0.6 is 0 Å². The molecule has 0 aromatic carbocycles. The van der Waals surface area contributed by atoms with E-state index in [1.807, 2.05) is 19.1 Å². The molecular weight excluding hydrogens is 328 g/mol. The lowest BCUT2D eigenvalue weighted by Gasteiger charge is -2.05. The Kier molecular flexibility index (Phi) is 4.53. The topological polar surface area (TPSA) is 124 Å². The molecule has 0 amide bonds. The minimum atomic E-state index is -0.00985. The van der Waals surface area contributed by atoms with E-state index >= 15 is 0 Å². The van der Waals surface area contributed by atoms with E-state index in [9.17, 15) is 5.11 Å². The molecule has 7 nitrogen and oxygen atoms in total. The van der Waals surface area contributed by atoms with Crippen molar-refractivity contribution in [3.8, 4) is 17.1 Å². The summed E-state index contributed by atoms with van der Waals surface area (Å²) in [7, 11) is 0. The van der Waals surface area contributed by atoms with Crippen LogP contribution < -0.4 is 5.73 Å². The first-order valence-corrected chi connectivity index (χ1v) is 8.06. The molecule has 0 atom stereocenters. The molecule has 7 heteroatoms. The number of nitrogens with two attached hydrogens (primary N) is 1. The van der Waals surface area contributed by atoms with Gasteiger partial charge in [0.15, 0.2) is 5.88 Å². The largest absolute Gasteiger partial charge is 0.494 e. The van der Waals surface area contributed by atoms with Crippen LogP contribution in [-0.2, 0) is 0 Å². The Balaban J connectivity index is 2.14. The van der Waals surface area contributed by atoms with Crippen molar-refractivity contribution in [3.63, 3.8) is 0 Å². The number of amidine groups is 1. The molecule has 0 unspecified atom stereocenters. The van der Waals surface area contributed by atoms with Gasteiger partial charge in [0.2, 0.25) is 0 Å². The highest BCUT2D eigenvalue weighted by molar-refractivity contribution is 6.16. The summed E-state index contributed by atoms with van der Waals surface area (Å²) in [4.78, 5) is 15.7. The number of pyridine rings is 2. The van der Waals surface area contributed by atoms with Crippen LogP contribution in [0.4, 0.5) is 0 Å². The van der Waals surface area contributed by atoms with Gasteiger partial charge < -0.3 is 15.8 Å². The molecule has 0 saturated heterocycles. The number of aromatic amines is 1. The number of rotatable bonds is 3. The number of fused-ring (bicyclic) bond motifs is 1. The van der Waals surface area contributed by atoms with Crippen LogP contribution in [0, 0.1) is 12.3 Å². The predicted octanol–water partition coefficient (Wildman–Crippen LogP) is 3.29. The quantitative estimate of drug-likeness (QED) is 0.428. The van der Waals surface area contributed by atoms with Crippen molar-refractivity contribution >= 4 is 22.5 Å². The number of nitrogens with zero attached hydrogens (tertiary/aromatic N) is 3. The fraction of sp³-hybridized carbons (Fsp3) is 0.158. The molecule has 3 aromatic rings. The first-order chi connectivity index (χ1) is 12.4. The number of aromatic nitrogens is 3. The molecule has 132 valence electrons. The summed E-state index contributed by atoms with van der Waals surface area (Å²) >= 11 is 0. The summed E-state index contributed by atoms with van der Waals surface area (Å²) in [5.41, 5.74) is 10.6. The van der Waals surface area contributed by atoms with Gasteiger partial charge in [0, 0.05) is 35.1 Å². The molecule has 0 spiro atoms. The van der Waals surface area contributed by atoms with Crippen molar-refractivity contribution < 1.29 is 5.11 Å². The number of nitrogens with one attached hydrogen (secondary N) is 2. The number of aliphatic imine (C=N–C) groups is 1. The van der Waals surface area contributed by atoms with Gasteiger partial charge in [-0.1, -0.05) is 0 Å². The SMILES string of the molecule is CC(=NC(=N)/C=C(/C)N)c1c(O)[nH]c2cnc(-c3cnccc3C)cc12. The van der Waals surface area contributed by atoms with Gasteiger partial charge in [0.05, 0.1) is 28.7 Å². The highest BCUT2D eigenvalue weighted by Gasteiger charge is 2.16. The van der Waals surface area contributed by atoms with E-state index in [0.29, 0.717) is 22.5 Å². The molecule has 0 aliphatic carbocycles. The number of hydrogen-bond donors (Lipinski definition) is 4. The van der Waals surface area contributed by atoms with Crippen molar-refractivity contribution in [1.82, 2.24) is 15.0 Å². The highest BCUT2D eigenvalue weighted by atomic mass is 16.3. The van der Waals surface area contributed by atoms with Gasteiger partial charge in [-0.2, -0.15) is 0 Å². The molecule has 0 saturated carbocycles. The van der Waals surface area contributed by atoms with Crippen molar-refractivity contribution in [2.45, 2.75) is 20.8 Å². The number of hydrogen-bond acceptors (Lipinski definition) is 5. The van der Waals surface area contributed by atoms with Gasteiger partial charge in [0.1, 0.15) is 5.84 Å². The van der Waals surface area contributed by atoms with E-state index < -0.39 is 0 Å². The summed E-state index contributed by atoms with van der Waals surface area (Å²) in [5, 5.41) is 19.0. The van der Waals surface area contributed by atoms with Crippen LogP contribution in [0.1, 0.15) is 25.0 Å². The van der Waals surface area contributed by atoms with Gasteiger partial charge in [-0.25, -0.2) is 4.99 Å². The zero-order chi connectivity index (χ0) is 18.8. The fourth-order valence-corrected chi connectivity index (χ4v) is 2.81. The Morgan fingerprint density at radius 1 is 1.35 bits per heavy atom. The van der Waals surface area contributed by atoms with E-state index in [1.165, 1.54) is 6.08 Å². The minimum Gasteiger partial charge on any atom is -0.494 e. The van der Waals surface area contributed by atoms with Crippen LogP contribution in [0.25, 0.3) is 22.2 Å². The van der Waals surface area contributed by atoms with Crippen molar-refractivity contribution in [2.24, 2.45) is 10.7 Å². The summed E-state index contributed by atoms with van der Waals surface area (Å²) < 4.78 is 0. The normalized spacial score (nSPS) is 12.6. The lowest BCUT2D eigenvalue weighted by atomic mass is 10.0. The minimum absolute atomic E-state index is 0.00985. The smallest absolute Gasteiger partial charge is 0.198 e. The standard InChI is InChI=1S/C19H20N6O/c1-10-4-5-22-8-14(10)15-7-13-16(9-23-15)25-19(26)18(13)12(3)24-17(21)6-11(2)20/h4-9,21,25-26H,20H2,1-3H3/b11-6-,21-17?,24-12?. The van der Waals surface area contributed by atoms with Gasteiger partial charge >= 0.3 is 0 Å². The van der Waals surface area contributed by atoms with Crippen molar-refractivity contribution in [1.29, 1.82) is 5.41 Å². The van der Waals surface area contributed by atoms with E-state index in [1.54, 1.807) is 32.4 Å². The third-order valence-electron chi connectivity index (χ3n) is 3.99. The maximum absolute atomic E-state index is 10.3. The molecule has 0 aliphatic heterocycles. The number of aryl methyl sites for hydroxylation is 1. The lowest BCUT2D eigenvalue weighted by Crippen LogP contribution is -2.01. The Morgan fingerprint density at radius 2 is 2.12 bits per heavy atom. The first kappa shape index (κ1) is 17.3. The average molecular weight is 348 g/mol. The van der Waals surface area contributed by atoms with Crippen LogP contribution in [0.5, 0.6) is 5.88 Å². The van der Waals surface area contributed by atoms with Gasteiger partial charge in [-0.05, 0) is 38.5 Å². The van der Waals surface area contributed by atoms with Crippen LogP contribution in [-0.4, -0.2) is 31.6 Å². The third-order valence-corrected chi connectivity index (χ3v) is 3.99. The molecule has 3 aromatic heterocycles. The highest BCUT2D eigenvalue weighted by Crippen LogP contribution is 2.31. The van der Waals surface area contributed by atoms with Gasteiger partial charge in [0.25, 0.3) is 0 Å². The second kappa shape index (κ2) is 6.79. The molecule has 0 bridgehead atoms. The van der Waals surface area contributed by atoms with Crippen LogP contribution in [0.3, 0.4) is 0 Å². The van der Waals surface area contributed by atoms with E-state index in [0.717, 1.165) is 22.2 Å². The Bertz CT molecular complexity index is 1060. The lowest BCUT2D eigenvalue weighted by molar-refractivity contribution is 0.457. The fourth-order valence-electron chi connectivity index (χ4n) is 2.81. The maximum atomic E-state index is 10.3. The molecule has 26 heavy (non-hydrogen) atoms. The maximum Gasteiger partial charge on any atom is 0.198 e. The monoisotopic (exact) mass is 348 g/mol. The molecular formula is C19H20N6O. The number of H-pyrrole nitrogens is 1. The second-order valence-corrected chi connectivity index (χ2v) is 6.13. The Morgan fingerprint density at radius 3 is 2.81 bits per heavy atom. The van der Waals surface area contributed by atoms with E-state index in [-0.39, 0.29) is 11.7 Å². The summed E-state index contributed by atoms with van der Waals surface area (Å²) in [6, 6.07) is 3.81. The molecule has 3 heterocycles. The first-order valence-electron chi connectivity index (χ1n) is 8.06. The van der Waals surface area contributed by atoms with Crippen LogP contribution in [0.15, 0.2) is 47.5 Å². The predicted molar refractivity (Wildman–Crippen MR) is 104 cm³/mol.